The fourth-order valence-electron chi connectivity index (χ4n) is 2.46. The van der Waals surface area contributed by atoms with Gasteiger partial charge in [-0.25, -0.2) is 0 Å². The van der Waals surface area contributed by atoms with E-state index < -0.39 is 0 Å². The summed E-state index contributed by atoms with van der Waals surface area (Å²) in [6, 6.07) is 4.34. The molecule has 0 spiro atoms. The van der Waals surface area contributed by atoms with Gasteiger partial charge in [-0.2, -0.15) is 0 Å². The van der Waals surface area contributed by atoms with Gasteiger partial charge in [0.1, 0.15) is 0 Å². The molecule has 0 saturated heterocycles. The fourth-order valence-corrected chi connectivity index (χ4v) is 3.06. The maximum absolute atomic E-state index is 6.12. The Morgan fingerprint density at radius 1 is 1.44 bits per heavy atom. The second-order valence-corrected chi connectivity index (χ2v) is 5.72. The minimum Gasteiger partial charge on any atom is -0.492 e. The molecule has 0 heterocycles. The summed E-state index contributed by atoms with van der Waals surface area (Å²) in [7, 11) is 1.65. The molecule has 1 aliphatic rings. The molecular weight excluding hydrogens is 294 g/mol. The highest BCUT2D eigenvalue weighted by atomic mass is 79.9. The van der Waals surface area contributed by atoms with Crippen molar-refractivity contribution in [2.75, 3.05) is 13.7 Å². The molecule has 1 fully saturated rings. The minimum atomic E-state index is 0.126. The largest absolute Gasteiger partial charge is 0.492 e. The van der Waals surface area contributed by atoms with Crippen molar-refractivity contribution in [3.63, 3.8) is 0 Å². The van der Waals surface area contributed by atoms with Crippen LogP contribution in [0.1, 0.15) is 32.3 Å². The van der Waals surface area contributed by atoms with E-state index in [1.165, 1.54) is 5.56 Å². The quantitative estimate of drug-likeness (QED) is 0.907. The molecule has 1 atom stereocenters. The van der Waals surface area contributed by atoms with Crippen molar-refractivity contribution in [1.82, 2.24) is 0 Å². The first-order chi connectivity index (χ1) is 8.55. The Labute approximate surface area is 117 Å². The van der Waals surface area contributed by atoms with Crippen LogP contribution in [-0.4, -0.2) is 19.8 Å². The maximum atomic E-state index is 6.12. The molecule has 0 bridgehead atoms. The second-order valence-electron chi connectivity index (χ2n) is 4.87. The number of hydrogen-bond donors (Lipinski definition) is 1. The van der Waals surface area contributed by atoms with E-state index in [1.807, 2.05) is 6.92 Å². The molecule has 1 saturated carbocycles. The van der Waals surface area contributed by atoms with Crippen LogP contribution in [0.15, 0.2) is 16.6 Å². The maximum Gasteiger partial charge on any atom is 0.174 e. The number of nitrogens with two attached hydrogens (primary N) is 1. The van der Waals surface area contributed by atoms with Crippen molar-refractivity contribution in [3.05, 3.63) is 22.2 Å². The van der Waals surface area contributed by atoms with Crippen LogP contribution in [-0.2, 0) is 5.41 Å². The molecule has 1 aliphatic carbocycles. The van der Waals surface area contributed by atoms with E-state index >= 15 is 0 Å². The topological polar surface area (TPSA) is 44.5 Å². The van der Waals surface area contributed by atoms with Crippen molar-refractivity contribution in [1.29, 1.82) is 0 Å². The highest BCUT2D eigenvalue weighted by molar-refractivity contribution is 9.10. The smallest absolute Gasteiger partial charge is 0.174 e. The summed E-state index contributed by atoms with van der Waals surface area (Å²) < 4.78 is 12.0. The van der Waals surface area contributed by atoms with E-state index in [0.717, 1.165) is 28.8 Å². The van der Waals surface area contributed by atoms with Gasteiger partial charge in [0.2, 0.25) is 0 Å². The zero-order valence-corrected chi connectivity index (χ0v) is 12.7. The zero-order chi connectivity index (χ0) is 13.3. The number of hydrogen-bond acceptors (Lipinski definition) is 3. The van der Waals surface area contributed by atoms with Crippen LogP contribution in [0, 0.1) is 0 Å². The number of benzene rings is 1. The first-order valence-corrected chi connectivity index (χ1v) is 7.11. The van der Waals surface area contributed by atoms with Gasteiger partial charge in [-0.1, -0.05) is 0 Å². The van der Waals surface area contributed by atoms with Gasteiger partial charge in [0.05, 0.1) is 18.2 Å². The van der Waals surface area contributed by atoms with Gasteiger partial charge in [0.15, 0.2) is 11.5 Å². The van der Waals surface area contributed by atoms with E-state index in [9.17, 15) is 0 Å². The molecule has 4 heteroatoms. The highest BCUT2D eigenvalue weighted by Gasteiger charge is 2.47. The Morgan fingerprint density at radius 2 is 2.11 bits per heavy atom. The van der Waals surface area contributed by atoms with Crippen molar-refractivity contribution in [3.8, 4) is 11.5 Å². The summed E-state index contributed by atoms with van der Waals surface area (Å²) in [6.45, 7) is 4.67. The van der Waals surface area contributed by atoms with E-state index in [4.69, 9.17) is 15.2 Å². The van der Waals surface area contributed by atoms with Gasteiger partial charge >= 0.3 is 0 Å². The van der Waals surface area contributed by atoms with Crippen molar-refractivity contribution < 1.29 is 9.47 Å². The molecule has 100 valence electrons. The summed E-state index contributed by atoms with van der Waals surface area (Å²) in [4.78, 5) is 0. The lowest BCUT2D eigenvalue weighted by molar-refractivity contribution is 0.309. The third-order valence-electron chi connectivity index (χ3n) is 3.75. The van der Waals surface area contributed by atoms with E-state index in [1.54, 1.807) is 7.11 Å². The number of halogens is 1. The summed E-state index contributed by atoms with van der Waals surface area (Å²) in [5.74, 6) is 1.54. The van der Waals surface area contributed by atoms with Crippen LogP contribution in [0.25, 0.3) is 0 Å². The first kappa shape index (κ1) is 13.7. The molecule has 0 aliphatic heterocycles. The molecule has 18 heavy (non-hydrogen) atoms. The third kappa shape index (κ3) is 2.24. The Hall–Kier alpha value is -0.740. The molecule has 0 aromatic heterocycles. The van der Waals surface area contributed by atoms with Crippen LogP contribution in [0.4, 0.5) is 0 Å². The molecule has 2 rings (SSSR count). The molecule has 0 amide bonds. The third-order valence-corrected chi connectivity index (χ3v) is 4.34. The molecule has 3 nitrogen and oxygen atoms in total. The van der Waals surface area contributed by atoms with Gasteiger partial charge in [-0.05, 0) is 60.3 Å². The highest BCUT2D eigenvalue weighted by Crippen LogP contribution is 2.53. The summed E-state index contributed by atoms with van der Waals surface area (Å²) in [5, 5.41) is 0. The van der Waals surface area contributed by atoms with Crippen LogP contribution >= 0.6 is 15.9 Å². The van der Waals surface area contributed by atoms with Gasteiger partial charge < -0.3 is 15.2 Å². The Kier molecular flexibility index (Phi) is 3.87. The SMILES string of the molecule is CCOc1cc(C2(C(C)N)CC2)cc(Br)c1OC. The van der Waals surface area contributed by atoms with Crippen molar-refractivity contribution in [2.24, 2.45) is 5.73 Å². The van der Waals surface area contributed by atoms with Crippen molar-refractivity contribution >= 4 is 15.9 Å². The Bertz CT molecular complexity index is 442. The predicted molar refractivity (Wildman–Crippen MR) is 76.4 cm³/mol. The van der Waals surface area contributed by atoms with Crippen LogP contribution in [0.3, 0.4) is 0 Å². The van der Waals surface area contributed by atoms with Gasteiger partial charge in [-0.3, -0.25) is 0 Å². The predicted octanol–water partition coefficient (Wildman–Crippen LogP) is 3.24. The Morgan fingerprint density at radius 3 is 2.56 bits per heavy atom. The first-order valence-electron chi connectivity index (χ1n) is 6.31. The number of methoxy groups -OCH3 is 1. The summed E-state index contributed by atoms with van der Waals surface area (Å²) in [5.41, 5.74) is 7.49. The monoisotopic (exact) mass is 313 g/mol. The molecule has 2 N–H and O–H groups in total. The van der Waals surface area contributed by atoms with Gasteiger partial charge in [-0.15, -0.1) is 0 Å². The standard InChI is InChI=1S/C14H20BrNO2/c1-4-18-12-8-10(7-11(15)13(12)17-3)14(5-6-14)9(2)16/h7-9H,4-6,16H2,1-3H3. The van der Waals surface area contributed by atoms with E-state index in [2.05, 4.69) is 35.0 Å². The fraction of sp³-hybridized carbons (Fsp3) is 0.571. The number of ether oxygens (including phenoxy) is 2. The average molecular weight is 314 g/mol. The second kappa shape index (κ2) is 5.10. The van der Waals surface area contributed by atoms with Crippen LogP contribution in [0.2, 0.25) is 0 Å². The van der Waals surface area contributed by atoms with E-state index in [-0.39, 0.29) is 11.5 Å². The normalized spacial score (nSPS) is 18.3. The minimum absolute atomic E-state index is 0.126. The number of rotatable bonds is 5. The Balaban J connectivity index is 2.45. The molecule has 1 aromatic rings. The lowest BCUT2D eigenvalue weighted by Crippen LogP contribution is -2.31. The molecule has 1 unspecified atom stereocenters. The van der Waals surface area contributed by atoms with Gasteiger partial charge in [0.25, 0.3) is 0 Å². The lowest BCUT2D eigenvalue weighted by Gasteiger charge is -2.22. The van der Waals surface area contributed by atoms with E-state index in [0.29, 0.717) is 6.61 Å². The summed E-state index contributed by atoms with van der Waals surface area (Å²) in [6.07, 6.45) is 2.30. The average Bonchev–Trinajstić information content (AvgIpc) is 3.10. The van der Waals surface area contributed by atoms with Crippen LogP contribution < -0.4 is 15.2 Å². The van der Waals surface area contributed by atoms with Crippen molar-refractivity contribution in [2.45, 2.75) is 38.1 Å². The summed E-state index contributed by atoms with van der Waals surface area (Å²) >= 11 is 3.55. The molecule has 0 radical (unpaired) electrons. The molecular formula is C14H20BrNO2. The van der Waals surface area contributed by atoms with Gasteiger partial charge in [0, 0.05) is 11.5 Å². The molecule has 1 aromatic carbocycles. The zero-order valence-electron chi connectivity index (χ0n) is 11.1. The van der Waals surface area contributed by atoms with Crippen LogP contribution in [0.5, 0.6) is 11.5 Å². The lowest BCUT2D eigenvalue weighted by atomic mass is 9.89.